The number of hydroxylamine groups is 1. The largest absolute Gasteiger partial charge is 0.494 e. The van der Waals surface area contributed by atoms with E-state index in [1.807, 2.05) is 30.3 Å². The lowest BCUT2D eigenvalue weighted by atomic mass is 10.2. The van der Waals surface area contributed by atoms with Crippen LogP contribution in [0, 0.1) is 0 Å². The number of rotatable bonds is 8. The molecule has 0 spiro atoms. The first kappa shape index (κ1) is 18.2. The van der Waals surface area contributed by atoms with Crippen LogP contribution in [0.25, 0.3) is 6.08 Å². The number of hydrogen-bond acceptors (Lipinski definition) is 4. The molecule has 25 heavy (non-hydrogen) atoms. The quantitative estimate of drug-likeness (QED) is 0.298. The van der Waals surface area contributed by atoms with Crippen LogP contribution in [0.15, 0.2) is 60.7 Å². The molecule has 0 saturated heterocycles. The van der Waals surface area contributed by atoms with Gasteiger partial charge in [-0.05, 0) is 42.3 Å². The van der Waals surface area contributed by atoms with Crippen molar-refractivity contribution in [3.05, 3.63) is 71.8 Å². The number of ether oxygens (including phenoxy) is 1. The fourth-order valence-electron chi connectivity index (χ4n) is 2.04. The Morgan fingerprint density at radius 1 is 1.04 bits per heavy atom. The molecule has 0 bridgehead atoms. The minimum absolute atomic E-state index is 0.150. The Balaban J connectivity index is 1.63. The topological polar surface area (TPSA) is 87.7 Å². The van der Waals surface area contributed by atoms with E-state index in [2.05, 4.69) is 5.32 Å². The van der Waals surface area contributed by atoms with Crippen LogP contribution in [0.3, 0.4) is 0 Å². The summed E-state index contributed by atoms with van der Waals surface area (Å²) in [7, 11) is 0. The predicted octanol–water partition coefficient (Wildman–Crippen LogP) is 2.40. The Bertz CT molecular complexity index is 712. The highest BCUT2D eigenvalue weighted by molar-refractivity contribution is 5.93. The minimum atomic E-state index is -0.571. The molecule has 130 valence electrons. The van der Waals surface area contributed by atoms with Crippen molar-refractivity contribution in [2.75, 3.05) is 13.2 Å². The highest BCUT2D eigenvalue weighted by Gasteiger charge is 2.03. The highest BCUT2D eigenvalue weighted by atomic mass is 16.5. The number of nitrogens with one attached hydrogen (secondary N) is 2. The molecule has 0 radical (unpaired) electrons. The number of hydrogen-bond donors (Lipinski definition) is 3. The molecule has 2 aromatic carbocycles. The van der Waals surface area contributed by atoms with E-state index < -0.39 is 5.91 Å². The third-order valence-electron chi connectivity index (χ3n) is 3.33. The molecule has 6 nitrogen and oxygen atoms in total. The van der Waals surface area contributed by atoms with Gasteiger partial charge in [0.2, 0.25) is 5.91 Å². The summed E-state index contributed by atoms with van der Waals surface area (Å²) in [5.41, 5.74) is 2.88. The van der Waals surface area contributed by atoms with E-state index in [1.54, 1.807) is 35.8 Å². The number of carbonyl (C=O) groups is 2. The Kier molecular flexibility index (Phi) is 7.21. The van der Waals surface area contributed by atoms with Crippen LogP contribution in [-0.4, -0.2) is 30.2 Å². The lowest BCUT2D eigenvalue weighted by Crippen LogP contribution is -2.23. The monoisotopic (exact) mass is 340 g/mol. The van der Waals surface area contributed by atoms with Gasteiger partial charge in [0.1, 0.15) is 5.75 Å². The van der Waals surface area contributed by atoms with E-state index in [9.17, 15) is 9.59 Å². The van der Waals surface area contributed by atoms with Gasteiger partial charge in [-0.25, -0.2) is 5.48 Å². The first-order chi connectivity index (χ1) is 12.2. The molecule has 0 fully saturated rings. The van der Waals surface area contributed by atoms with Crippen LogP contribution in [0.5, 0.6) is 5.75 Å². The van der Waals surface area contributed by atoms with Gasteiger partial charge < -0.3 is 10.1 Å². The summed E-state index contributed by atoms with van der Waals surface area (Å²) in [4.78, 5) is 22.9. The second kappa shape index (κ2) is 9.89. The Hall–Kier alpha value is -3.12. The van der Waals surface area contributed by atoms with Gasteiger partial charge in [0, 0.05) is 18.2 Å². The number of carbonyl (C=O) groups excluding carboxylic acids is 2. The van der Waals surface area contributed by atoms with E-state index in [-0.39, 0.29) is 5.91 Å². The van der Waals surface area contributed by atoms with Gasteiger partial charge in [-0.1, -0.05) is 30.3 Å². The smallest absolute Gasteiger partial charge is 0.274 e. The van der Waals surface area contributed by atoms with Gasteiger partial charge in [-0.2, -0.15) is 0 Å². The molecule has 0 unspecified atom stereocenters. The first-order valence-corrected chi connectivity index (χ1v) is 7.87. The molecule has 0 atom stereocenters. The average molecular weight is 340 g/mol. The number of benzene rings is 2. The van der Waals surface area contributed by atoms with Crippen LogP contribution in [0.1, 0.15) is 22.3 Å². The van der Waals surface area contributed by atoms with Gasteiger partial charge >= 0.3 is 0 Å². The van der Waals surface area contributed by atoms with E-state index in [0.717, 1.165) is 5.56 Å². The molecule has 0 heterocycles. The van der Waals surface area contributed by atoms with Crippen molar-refractivity contribution < 1.29 is 19.5 Å². The third-order valence-corrected chi connectivity index (χ3v) is 3.33. The zero-order valence-corrected chi connectivity index (χ0v) is 13.6. The summed E-state index contributed by atoms with van der Waals surface area (Å²) in [5, 5.41) is 11.3. The van der Waals surface area contributed by atoms with Crippen molar-refractivity contribution in [2.24, 2.45) is 0 Å². The predicted molar refractivity (Wildman–Crippen MR) is 94.3 cm³/mol. The van der Waals surface area contributed by atoms with Gasteiger partial charge in [-0.15, -0.1) is 0 Å². The van der Waals surface area contributed by atoms with Crippen LogP contribution < -0.4 is 15.5 Å². The molecule has 2 rings (SSSR count). The maximum Gasteiger partial charge on any atom is 0.274 e. The fraction of sp³-hybridized carbons (Fsp3) is 0.158. The fourth-order valence-corrected chi connectivity index (χ4v) is 2.04. The SMILES string of the molecule is O=C(/C=C/c1ccccc1)NCCCOc1ccc(C(=O)NO)cc1. The summed E-state index contributed by atoms with van der Waals surface area (Å²) in [6, 6.07) is 16.0. The molecule has 3 N–H and O–H groups in total. The standard InChI is InChI=1S/C19H20N2O4/c22-18(12-7-15-5-2-1-3-6-15)20-13-4-14-25-17-10-8-16(9-11-17)19(23)21-24/h1-3,5-12,24H,4,13-14H2,(H,20,22)(H,21,23)/b12-7+. The second-order valence-electron chi connectivity index (χ2n) is 5.20. The zero-order valence-electron chi connectivity index (χ0n) is 13.6. The Morgan fingerprint density at radius 2 is 1.76 bits per heavy atom. The molecule has 0 aliphatic rings. The highest BCUT2D eigenvalue weighted by Crippen LogP contribution is 2.12. The van der Waals surface area contributed by atoms with Crippen molar-refractivity contribution >= 4 is 17.9 Å². The molecular formula is C19H20N2O4. The second-order valence-corrected chi connectivity index (χ2v) is 5.20. The van der Waals surface area contributed by atoms with Crippen LogP contribution in [0.2, 0.25) is 0 Å². The van der Waals surface area contributed by atoms with Crippen molar-refractivity contribution in [1.29, 1.82) is 0 Å². The molecule has 0 saturated carbocycles. The normalized spacial score (nSPS) is 10.4. The first-order valence-electron chi connectivity index (χ1n) is 7.87. The van der Waals surface area contributed by atoms with E-state index in [4.69, 9.17) is 9.94 Å². The lowest BCUT2D eigenvalue weighted by molar-refractivity contribution is -0.116. The van der Waals surface area contributed by atoms with E-state index in [1.165, 1.54) is 6.08 Å². The summed E-state index contributed by atoms with van der Waals surface area (Å²) in [6.45, 7) is 0.942. The molecule has 2 aromatic rings. The molecule has 2 amide bonds. The number of amides is 2. The molecule has 0 aromatic heterocycles. The molecule has 6 heteroatoms. The maximum atomic E-state index is 11.7. The van der Waals surface area contributed by atoms with Gasteiger partial charge in [-0.3, -0.25) is 14.8 Å². The summed E-state index contributed by atoms with van der Waals surface area (Å²) < 4.78 is 5.52. The maximum absolute atomic E-state index is 11.7. The Morgan fingerprint density at radius 3 is 2.44 bits per heavy atom. The molecule has 0 aliphatic carbocycles. The van der Waals surface area contributed by atoms with Crippen molar-refractivity contribution in [1.82, 2.24) is 10.8 Å². The van der Waals surface area contributed by atoms with Crippen LogP contribution in [-0.2, 0) is 4.79 Å². The van der Waals surface area contributed by atoms with Crippen molar-refractivity contribution in [3.8, 4) is 5.75 Å². The van der Waals surface area contributed by atoms with Gasteiger partial charge in [0.25, 0.3) is 5.91 Å². The molecule has 0 aliphatic heterocycles. The lowest BCUT2D eigenvalue weighted by Gasteiger charge is -2.07. The van der Waals surface area contributed by atoms with Crippen molar-refractivity contribution in [2.45, 2.75) is 6.42 Å². The summed E-state index contributed by atoms with van der Waals surface area (Å²) in [6.07, 6.45) is 3.92. The Labute approximate surface area is 146 Å². The molecular weight excluding hydrogens is 320 g/mol. The van der Waals surface area contributed by atoms with Crippen LogP contribution in [0.4, 0.5) is 0 Å². The van der Waals surface area contributed by atoms with E-state index in [0.29, 0.717) is 30.9 Å². The summed E-state index contributed by atoms with van der Waals surface area (Å²) >= 11 is 0. The zero-order chi connectivity index (χ0) is 17.9. The van der Waals surface area contributed by atoms with Gasteiger partial charge in [0.15, 0.2) is 0 Å². The summed E-state index contributed by atoms with van der Waals surface area (Å²) in [5.74, 6) is -0.106. The third kappa shape index (κ3) is 6.48. The minimum Gasteiger partial charge on any atom is -0.494 e. The van der Waals surface area contributed by atoms with Crippen LogP contribution >= 0.6 is 0 Å². The van der Waals surface area contributed by atoms with E-state index >= 15 is 0 Å². The van der Waals surface area contributed by atoms with Gasteiger partial charge in [0.05, 0.1) is 6.61 Å². The van der Waals surface area contributed by atoms with Crippen molar-refractivity contribution in [3.63, 3.8) is 0 Å². The average Bonchev–Trinajstić information content (AvgIpc) is 2.67.